The van der Waals surface area contributed by atoms with Gasteiger partial charge in [-0.15, -0.1) is 0 Å². The van der Waals surface area contributed by atoms with Crippen LogP contribution in [0.5, 0.6) is 0 Å². The van der Waals surface area contributed by atoms with Crippen LogP contribution in [0.25, 0.3) is 0 Å². The van der Waals surface area contributed by atoms with Gasteiger partial charge in [0.2, 0.25) is 0 Å². The first kappa shape index (κ1) is 7.84. The molecule has 0 radical (unpaired) electrons. The first-order chi connectivity index (χ1) is 3.50. The van der Waals surface area contributed by atoms with Crippen LogP contribution in [-0.2, 0) is 17.3 Å². The van der Waals surface area contributed by atoms with E-state index >= 15 is 0 Å². The molecule has 1 aromatic rings. The molecular formula is C3H2ClNSeZn. The molecule has 0 N–H and O–H groups in total. The first-order valence-corrected chi connectivity index (χ1v) is 7.27. The Kier molecular flexibility index (Phi) is 7.67. The second-order valence-electron chi connectivity index (χ2n) is 0.623. The van der Waals surface area contributed by atoms with Gasteiger partial charge < -0.3 is 0 Å². The topological polar surface area (TPSA) is 12.9 Å². The Morgan fingerprint density at radius 3 is 2.57 bits per heavy atom. The number of nitrogens with zero attached hydrogens (tertiary/aromatic N) is 1. The summed E-state index contributed by atoms with van der Waals surface area (Å²) in [6.45, 7) is 0. The molecule has 0 amide bonds. The summed E-state index contributed by atoms with van der Waals surface area (Å²) in [6, 6.07) is 0. The molecule has 7 heavy (non-hydrogen) atoms. The molecule has 1 heterocycles. The predicted molar refractivity (Wildman–Crippen MR) is 25.9 cm³/mol. The van der Waals surface area contributed by atoms with Crippen molar-refractivity contribution in [2.45, 2.75) is 0 Å². The van der Waals surface area contributed by atoms with Crippen molar-refractivity contribution in [3.63, 3.8) is 0 Å². The molecule has 34 valence electrons. The molecule has 0 spiro atoms. The van der Waals surface area contributed by atoms with Gasteiger partial charge in [0.25, 0.3) is 0 Å². The zero-order chi connectivity index (χ0) is 5.54. The van der Waals surface area contributed by atoms with Crippen molar-refractivity contribution in [2.24, 2.45) is 0 Å². The molecule has 0 saturated carbocycles. The van der Waals surface area contributed by atoms with Crippen LogP contribution in [0.4, 0.5) is 0 Å². The molecule has 0 aromatic carbocycles. The predicted octanol–water partition coefficient (Wildman–Crippen LogP) is 0.626. The van der Waals surface area contributed by atoms with E-state index in [2.05, 4.69) is 10.1 Å². The van der Waals surface area contributed by atoms with Crippen molar-refractivity contribution in [3.05, 3.63) is 16.2 Å². The van der Waals surface area contributed by atoms with Crippen LogP contribution in [0.3, 0.4) is 0 Å². The van der Waals surface area contributed by atoms with Crippen LogP contribution in [0.2, 0.25) is 0 Å². The summed E-state index contributed by atoms with van der Waals surface area (Å²) in [7, 11) is 4.76. The van der Waals surface area contributed by atoms with Crippen molar-refractivity contribution in [1.29, 1.82) is 0 Å². The SMILES string of the molecule is [Cl][Zn+].[c-]1ncc[se]1. The number of halogens is 1. The van der Waals surface area contributed by atoms with E-state index in [0.717, 1.165) is 17.3 Å². The number of hydrogen-bond acceptors (Lipinski definition) is 1. The van der Waals surface area contributed by atoms with Gasteiger partial charge in [-0.05, 0) is 0 Å². The van der Waals surface area contributed by atoms with E-state index in [1.807, 2.05) is 4.94 Å². The average molecular weight is 232 g/mol. The fourth-order valence-corrected chi connectivity index (χ4v) is 0.791. The molecule has 0 atom stereocenters. The Balaban J connectivity index is 0.000000162. The number of aromatic nitrogens is 1. The molecule has 0 aliphatic carbocycles. The molecule has 0 fully saturated rings. The Labute approximate surface area is 62.6 Å². The Morgan fingerprint density at radius 2 is 2.43 bits per heavy atom. The number of rotatable bonds is 0. The van der Waals surface area contributed by atoms with Crippen molar-refractivity contribution >= 4 is 24.2 Å². The van der Waals surface area contributed by atoms with E-state index in [1.165, 1.54) is 0 Å². The van der Waals surface area contributed by atoms with E-state index in [1.54, 1.807) is 6.20 Å². The second kappa shape index (κ2) is 6.84. The third kappa shape index (κ3) is 4.70. The average Bonchev–Trinajstić information content (AvgIpc) is 2.23. The van der Waals surface area contributed by atoms with Gasteiger partial charge >= 0.3 is 62.7 Å². The third-order valence-corrected chi connectivity index (χ3v) is 1.29. The molecule has 4 heteroatoms. The monoisotopic (exact) mass is 231 g/mol. The molecule has 1 nitrogen and oxygen atoms in total. The summed E-state index contributed by atoms with van der Waals surface area (Å²) in [5.74, 6) is 0. The van der Waals surface area contributed by atoms with Gasteiger partial charge in [0.15, 0.2) is 0 Å². The van der Waals surface area contributed by atoms with E-state index in [4.69, 9.17) is 9.69 Å². The summed E-state index contributed by atoms with van der Waals surface area (Å²) >= 11 is 1.32. The molecule has 1 aromatic heterocycles. The molecule has 1 rings (SSSR count). The Morgan fingerprint density at radius 1 is 1.71 bits per heavy atom. The van der Waals surface area contributed by atoms with Crippen LogP contribution < -0.4 is 0 Å². The van der Waals surface area contributed by atoms with Crippen molar-refractivity contribution < 1.29 is 17.3 Å². The van der Waals surface area contributed by atoms with Crippen LogP contribution in [-0.4, -0.2) is 19.5 Å². The Hall–Kier alpha value is 0.843. The van der Waals surface area contributed by atoms with Crippen molar-refractivity contribution in [2.75, 3.05) is 0 Å². The van der Waals surface area contributed by atoms with Crippen LogP contribution in [0.15, 0.2) is 11.1 Å². The van der Waals surface area contributed by atoms with Gasteiger partial charge in [0, 0.05) is 0 Å². The van der Waals surface area contributed by atoms with Gasteiger partial charge in [-0.1, -0.05) is 0 Å². The maximum absolute atomic E-state index is 4.76. The normalized spacial score (nSPS) is 6.71. The summed E-state index contributed by atoms with van der Waals surface area (Å²) < 4.78 is 0. The standard InChI is InChI=1S/C3H2NSe.ClH.Zn/c1-2-5-3-4-1;;/h1-2H;1H;/q-1;;+2/p-1. The van der Waals surface area contributed by atoms with Gasteiger partial charge in [-0.3, -0.25) is 0 Å². The molecule has 0 saturated heterocycles. The van der Waals surface area contributed by atoms with Gasteiger partial charge in [-0.25, -0.2) is 0 Å². The van der Waals surface area contributed by atoms with Crippen LogP contribution >= 0.6 is 9.69 Å². The first-order valence-electron chi connectivity index (χ1n) is 1.52. The van der Waals surface area contributed by atoms with E-state index < -0.39 is 0 Å². The van der Waals surface area contributed by atoms with Crippen molar-refractivity contribution in [1.82, 2.24) is 4.98 Å². The zero-order valence-corrected chi connectivity index (χ0v) is 9.03. The zero-order valence-electron chi connectivity index (χ0n) is 3.60. The molecule has 0 bridgehead atoms. The fraction of sp³-hybridized carbons (Fsp3) is 0. The summed E-state index contributed by atoms with van der Waals surface area (Å²) in [5, 5.41) is 2.80. The minimum absolute atomic E-state index is 0.472. The maximum atomic E-state index is 4.76. The van der Waals surface area contributed by atoms with E-state index in [9.17, 15) is 0 Å². The molecule has 0 aliphatic heterocycles. The quantitative estimate of drug-likeness (QED) is 0.472. The minimum atomic E-state index is 0.472. The summed E-state index contributed by atoms with van der Waals surface area (Å²) in [6.07, 6.45) is 1.78. The van der Waals surface area contributed by atoms with Gasteiger partial charge in [0.1, 0.15) is 0 Å². The van der Waals surface area contributed by atoms with Crippen LogP contribution in [0, 0.1) is 5.07 Å². The van der Waals surface area contributed by atoms with Crippen LogP contribution in [0.1, 0.15) is 0 Å². The van der Waals surface area contributed by atoms with Gasteiger partial charge in [-0.2, -0.15) is 0 Å². The van der Waals surface area contributed by atoms with Gasteiger partial charge in [0.05, 0.1) is 0 Å². The fourth-order valence-electron chi connectivity index (χ4n) is 0.152. The number of hydrogen-bond donors (Lipinski definition) is 0. The van der Waals surface area contributed by atoms with E-state index in [0.29, 0.717) is 14.5 Å². The van der Waals surface area contributed by atoms with E-state index in [-0.39, 0.29) is 0 Å². The Bertz CT molecular complexity index is 71.4. The third-order valence-electron chi connectivity index (χ3n) is 0.309. The molecular weight excluding hydrogens is 230 g/mol. The summed E-state index contributed by atoms with van der Waals surface area (Å²) in [5.41, 5.74) is 0. The van der Waals surface area contributed by atoms with Crippen molar-refractivity contribution in [3.8, 4) is 0 Å². The summed E-state index contributed by atoms with van der Waals surface area (Å²) in [4.78, 5) is 5.70. The second-order valence-corrected chi connectivity index (χ2v) is 2.07. The molecule has 0 unspecified atom stereocenters. The molecule has 0 aliphatic rings.